The lowest BCUT2D eigenvalue weighted by Crippen LogP contribution is -2.45. The SMILES string of the molecule is O=C(c1ccc(-c2ccc(Cl)cc2)cn1)N1C[C@@H]2[C@H](C1)[C@H]1CN(C(=O)C3CCC4NNNC4C3)C[C@@H]21. The molecule has 7 rings (SSSR count). The highest BCUT2D eigenvalue weighted by atomic mass is 35.5. The van der Waals surface area contributed by atoms with Crippen LogP contribution in [-0.2, 0) is 4.79 Å². The van der Waals surface area contributed by atoms with Gasteiger partial charge in [0.25, 0.3) is 5.91 Å². The second-order valence-corrected chi connectivity index (χ2v) is 11.6. The highest BCUT2D eigenvalue weighted by Gasteiger charge is 2.59. The van der Waals surface area contributed by atoms with E-state index in [0.717, 1.165) is 56.6 Å². The molecule has 0 spiro atoms. The third-order valence-electron chi connectivity index (χ3n) is 9.40. The number of aromatic nitrogens is 1. The number of amides is 2. The first-order valence-electron chi connectivity index (χ1n) is 13.1. The maximum atomic E-state index is 13.3. The summed E-state index contributed by atoms with van der Waals surface area (Å²) in [5.74, 6) is 2.55. The molecule has 0 radical (unpaired) electrons. The van der Waals surface area contributed by atoms with Crippen LogP contribution in [0.3, 0.4) is 0 Å². The molecule has 5 fully saturated rings. The molecule has 2 amide bonds. The summed E-state index contributed by atoms with van der Waals surface area (Å²) >= 11 is 5.99. The second kappa shape index (κ2) is 8.80. The van der Waals surface area contributed by atoms with Crippen molar-refractivity contribution in [2.24, 2.45) is 29.6 Å². The minimum atomic E-state index is 0.0149. The maximum absolute atomic E-state index is 13.3. The zero-order valence-corrected chi connectivity index (χ0v) is 20.8. The predicted molar refractivity (Wildman–Crippen MR) is 135 cm³/mol. The second-order valence-electron chi connectivity index (χ2n) is 11.2. The van der Waals surface area contributed by atoms with Gasteiger partial charge in [-0.05, 0) is 66.7 Å². The molecular formula is C27H31ClN6O2. The van der Waals surface area contributed by atoms with Crippen molar-refractivity contribution < 1.29 is 9.59 Å². The number of carbonyl (C=O) groups is 2. The topological polar surface area (TPSA) is 89.6 Å². The first kappa shape index (κ1) is 22.7. The molecule has 5 aliphatic rings. The van der Waals surface area contributed by atoms with Crippen molar-refractivity contribution in [2.45, 2.75) is 31.3 Å². The number of fused-ring (bicyclic) bond motifs is 5. The van der Waals surface area contributed by atoms with Gasteiger partial charge in [0.1, 0.15) is 5.69 Å². The fourth-order valence-electron chi connectivity index (χ4n) is 7.43. The van der Waals surface area contributed by atoms with E-state index in [1.807, 2.05) is 41.3 Å². The number of nitrogens with one attached hydrogen (secondary N) is 3. The molecule has 3 N–H and O–H groups in total. The molecule has 2 aliphatic carbocycles. The minimum absolute atomic E-state index is 0.0149. The molecule has 0 bridgehead atoms. The Labute approximate surface area is 215 Å². The molecule has 2 aromatic rings. The van der Waals surface area contributed by atoms with E-state index in [-0.39, 0.29) is 11.8 Å². The summed E-state index contributed by atoms with van der Waals surface area (Å²) in [5.41, 5.74) is 12.0. The molecule has 3 aliphatic heterocycles. The van der Waals surface area contributed by atoms with Crippen molar-refractivity contribution in [3.05, 3.63) is 53.3 Å². The summed E-state index contributed by atoms with van der Waals surface area (Å²) < 4.78 is 0. The molecule has 9 heteroatoms. The van der Waals surface area contributed by atoms with Gasteiger partial charge < -0.3 is 9.80 Å². The zero-order chi connectivity index (χ0) is 24.4. The highest BCUT2D eigenvalue weighted by Crippen LogP contribution is 2.54. The van der Waals surface area contributed by atoms with Gasteiger partial charge >= 0.3 is 0 Å². The third-order valence-corrected chi connectivity index (χ3v) is 9.65. The van der Waals surface area contributed by atoms with Gasteiger partial charge in [0.15, 0.2) is 0 Å². The van der Waals surface area contributed by atoms with Gasteiger partial charge in [0, 0.05) is 61.0 Å². The summed E-state index contributed by atoms with van der Waals surface area (Å²) in [6, 6.07) is 12.2. The predicted octanol–water partition coefficient (Wildman–Crippen LogP) is 2.33. The lowest BCUT2D eigenvalue weighted by Gasteiger charge is -2.42. The largest absolute Gasteiger partial charge is 0.342 e. The Morgan fingerprint density at radius 2 is 1.44 bits per heavy atom. The molecule has 1 aromatic carbocycles. The Morgan fingerprint density at radius 3 is 2.11 bits per heavy atom. The normalized spacial score (nSPS) is 34.6. The van der Waals surface area contributed by atoms with Crippen LogP contribution < -0.4 is 16.4 Å². The Hall–Kier alpha value is -2.52. The number of hydrogen-bond donors (Lipinski definition) is 3. The van der Waals surface area contributed by atoms with Gasteiger partial charge in [-0.25, -0.2) is 10.9 Å². The maximum Gasteiger partial charge on any atom is 0.272 e. The zero-order valence-electron chi connectivity index (χ0n) is 20.1. The molecule has 7 atom stereocenters. The minimum Gasteiger partial charge on any atom is -0.342 e. The van der Waals surface area contributed by atoms with E-state index in [4.69, 9.17) is 11.6 Å². The monoisotopic (exact) mass is 506 g/mol. The van der Waals surface area contributed by atoms with Crippen LogP contribution in [0, 0.1) is 29.6 Å². The van der Waals surface area contributed by atoms with Crippen molar-refractivity contribution in [1.82, 2.24) is 31.2 Å². The standard InChI is InChI=1S/C27H31ClN6O2/c28-18-5-1-15(2-6-18)17-4-8-24(29-10-17)27(36)34-13-21-19-11-33(12-20(19)22(21)14-34)26(35)16-3-7-23-25(9-16)31-32-30-23/h1-2,4-6,8,10,16,19-23,25,30-32H,3,7,9,11-14H2/t16?,19-,20+,21+,22-,23?,25?. The van der Waals surface area contributed by atoms with Crippen molar-refractivity contribution in [3.63, 3.8) is 0 Å². The molecular weight excluding hydrogens is 476 g/mol. The summed E-state index contributed by atoms with van der Waals surface area (Å²) in [6.45, 7) is 3.27. The number of carbonyl (C=O) groups excluding carboxylic acids is 2. The number of likely N-dealkylation sites (tertiary alicyclic amines) is 2. The smallest absolute Gasteiger partial charge is 0.272 e. The Bertz CT molecular complexity index is 1150. The molecule has 1 aromatic heterocycles. The van der Waals surface area contributed by atoms with Crippen LogP contribution in [-0.4, -0.2) is 64.9 Å². The number of nitrogens with zero attached hydrogens (tertiary/aromatic N) is 3. The van der Waals surface area contributed by atoms with E-state index in [1.54, 1.807) is 6.20 Å². The van der Waals surface area contributed by atoms with Gasteiger partial charge in [-0.15, -0.1) is 0 Å². The van der Waals surface area contributed by atoms with Crippen LogP contribution in [0.15, 0.2) is 42.6 Å². The van der Waals surface area contributed by atoms with E-state index in [0.29, 0.717) is 52.4 Å². The highest BCUT2D eigenvalue weighted by molar-refractivity contribution is 6.30. The van der Waals surface area contributed by atoms with Crippen molar-refractivity contribution >= 4 is 23.4 Å². The van der Waals surface area contributed by atoms with E-state index >= 15 is 0 Å². The first-order chi connectivity index (χ1) is 17.5. The van der Waals surface area contributed by atoms with Crippen LogP contribution in [0.2, 0.25) is 5.02 Å². The number of hydrogen-bond acceptors (Lipinski definition) is 6. The molecule has 36 heavy (non-hydrogen) atoms. The number of halogens is 1. The van der Waals surface area contributed by atoms with Crippen molar-refractivity contribution in [3.8, 4) is 11.1 Å². The summed E-state index contributed by atoms with van der Waals surface area (Å²) in [6.07, 6.45) is 4.65. The third kappa shape index (κ3) is 3.74. The van der Waals surface area contributed by atoms with Gasteiger partial charge in [-0.3, -0.25) is 14.6 Å². The van der Waals surface area contributed by atoms with E-state index in [9.17, 15) is 9.59 Å². The number of rotatable bonds is 3. The Morgan fingerprint density at radius 1 is 0.806 bits per heavy atom. The molecule has 2 saturated carbocycles. The molecule has 8 nitrogen and oxygen atoms in total. The summed E-state index contributed by atoms with van der Waals surface area (Å²) in [7, 11) is 0. The average Bonchev–Trinajstić information content (AvgIpc) is 3.62. The molecule has 188 valence electrons. The van der Waals surface area contributed by atoms with Gasteiger partial charge in [-0.1, -0.05) is 29.8 Å². The first-order valence-corrected chi connectivity index (χ1v) is 13.5. The van der Waals surface area contributed by atoms with Crippen LogP contribution in [0.4, 0.5) is 0 Å². The number of pyridine rings is 1. The fourth-order valence-corrected chi connectivity index (χ4v) is 7.55. The lowest BCUT2D eigenvalue weighted by atomic mass is 9.60. The Kier molecular flexibility index (Phi) is 5.54. The molecule has 3 unspecified atom stereocenters. The van der Waals surface area contributed by atoms with E-state index in [1.165, 1.54) is 0 Å². The van der Waals surface area contributed by atoms with Crippen molar-refractivity contribution in [2.75, 3.05) is 26.2 Å². The molecule has 3 saturated heterocycles. The Balaban J connectivity index is 0.959. The summed E-state index contributed by atoms with van der Waals surface area (Å²) in [5, 5.41) is 0.697. The van der Waals surface area contributed by atoms with Crippen LogP contribution >= 0.6 is 11.6 Å². The summed E-state index contributed by atoms with van der Waals surface area (Å²) in [4.78, 5) is 35.1. The van der Waals surface area contributed by atoms with Gasteiger partial charge in [0.2, 0.25) is 5.91 Å². The van der Waals surface area contributed by atoms with Gasteiger partial charge in [-0.2, -0.15) is 5.53 Å². The van der Waals surface area contributed by atoms with Gasteiger partial charge in [0.05, 0.1) is 0 Å². The molecule has 4 heterocycles. The quantitative estimate of drug-likeness (QED) is 0.592. The van der Waals surface area contributed by atoms with Crippen LogP contribution in [0.1, 0.15) is 29.8 Å². The average molecular weight is 507 g/mol. The van der Waals surface area contributed by atoms with Crippen LogP contribution in [0.5, 0.6) is 0 Å². The van der Waals surface area contributed by atoms with Crippen molar-refractivity contribution in [1.29, 1.82) is 0 Å². The fraction of sp³-hybridized carbons (Fsp3) is 0.519. The van der Waals surface area contributed by atoms with E-state index in [2.05, 4.69) is 26.3 Å². The number of hydrazine groups is 2. The number of benzene rings is 1. The lowest BCUT2D eigenvalue weighted by molar-refractivity contribution is -0.136. The van der Waals surface area contributed by atoms with E-state index < -0.39 is 0 Å². The van der Waals surface area contributed by atoms with Crippen LogP contribution in [0.25, 0.3) is 11.1 Å².